The van der Waals surface area contributed by atoms with E-state index in [1.165, 1.54) is 5.57 Å². The quantitative estimate of drug-likeness (QED) is 0.909. The van der Waals surface area contributed by atoms with Crippen molar-refractivity contribution in [3.8, 4) is 0 Å². The van der Waals surface area contributed by atoms with Crippen molar-refractivity contribution in [1.29, 1.82) is 0 Å². The summed E-state index contributed by atoms with van der Waals surface area (Å²) in [6.45, 7) is 3.37. The van der Waals surface area contributed by atoms with Gasteiger partial charge in [0, 0.05) is 37.9 Å². The molecule has 0 saturated carbocycles. The molecule has 102 valence electrons. The molecule has 0 aromatic carbocycles. The molecule has 0 aliphatic carbocycles. The van der Waals surface area contributed by atoms with Gasteiger partial charge in [0.25, 0.3) is 5.91 Å². The fourth-order valence-electron chi connectivity index (χ4n) is 2.52. The number of aromatic amines is 1. The van der Waals surface area contributed by atoms with Gasteiger partial charge in [0.05, 0.1) is 5.56 Å². The smallest absolute Gasteiger partial charge is 0.255 e. The first-order valence-electron chi connectivity index (χ1n) is 6.78. The lowest BCUT2D eigenvalue weighted by atomic mass is 10.0. The highest BCUT2D eigenvalue weighted by molar-refractivity contribution is 5.96. The molecule has 1 aliphatic rings. The van der Waals surface area contributed by atoms with E-state index in [0.29, 0.717) is 6.54 Å². The minimum absolute atomic E-state index is 0.0956. The van der Waals surface area contributed by atoms with Crippen LogP contribution < -0.4 is 0 Å². The second-order valence-electron chi connectivity index (χ2n) is 5.04. The molecule has 1 amide bonds. The van der Waals surface area contributed by atoms with Gasteiger partial charge >= 0.3 is 0 Å². The van der Waals surface area contributed by atoms with Gasteiger partial charge in [-0.3, -0.25) is 9.78 Å². The Morgan fingerprint density at radius 1 is 1.40 bits per heavy atom. The fraction of sp³-hybridized carbons (Fsp3) is 0.250. The fourth-order valence-corrected chi connectivity index (χ4v) is 2.52. The Kier molecular flexibility index (Phi) is 3.37. The summed E-state index contributed by atoms with van der Waals surface area (Å²) in [5.74, 6) is 0.0956. The van der Waals surface area contributed by atoms with Crippen LogP contribution in [-0.4, -0.2) is 33.9 Å². The Hall–Kier alpha value is -2.36. The molecular weight excluding hydrogens is 250 g/mol. The van der Waals surface area contributed by atoms with Crippen molar-refractivity contribution in [1.82, 2.24) is 14.9 Å². The average molecular weight is 267 g/mol. The lowest BCUT2D eigenvalue weighted by Gasteiger charge is -2.27. The highest BCUT2D eigenvalue weighted by Gasteiger charge is 2.21. The first kappa shape index (κ1) is 12.7. The maximum absolute atomic E-state index is 12.5. The van der Waals surface area contributed by atoms with Gasteiger partial charge in [-0.2, -0.15) is 0 Å². The first-order valence-corrected chi connectivity index (χ1v) is 6.78. The molecule has 4 nitrogen and oxygen atoms in total. The molecule has 3 heterocycles. The summed E-state index contributed by atoms with van der Waals surface area (Å²) in [4.78, 5) is 21.6. The van der Waals surface area contributed by atoms with Crippen LogP contribution in [0.4, 0.5) is 0 Å². The predicted octanol–water partition coefficient (Wildman–Crippen LogP) is 2.65. The van der Waals surface area contributed by atoms with Crippen molar-refractivity contribution in [3.63, 3.8) is 0 Å². The third kappa shape index (κ3) is 2.37. The van der Waals surface area contributed by atoms with Crippen molar-refractivity contribution >= 4 is 11.5 Å². The molecule has 0 atom stereocenters. The number of carbonyl (C=O) groups excluding carboxylic acids is 1. The minimum Gasteiger partial charge on any atom is -0.367 e. The van der Waals surface area contributed by atoms with E-state index in [1.807, 2.05) is 36.4 Å². The summed E-state index contributed by atoms with van der Waals surface area (Å²) in [6, 6.07) is 3.96. The zero-order chi connectivity index (χ0) is 13.9. The van der Waals surface area contributed by atoms with E-state index in [4.69, 9.17) is 0 Å². The van der Waals surface area contributed by atoms with Crippen LogP contribution in [0.5, 0.6) is 0 Å². The number of hydrogen-bond acceptors (Lipinski definition) is 2. The summed E-state index contributed by atoms with van der Waals surface area (Å²) >= 11 is 0. The number of aromatic nitrogens is 2. The standard InChI is InChI=1S/C16H17N3O/c1-12-8-18-10-15(12)16(20)19-7-3-5-14(11-19)13-4-2-6-17-9-13/h2,4-6,8-10,18H,3,7,11H2,1H3. The molecule has 0 saturated heterocycles. The molecule has 3 rings (SSSR count). The number of aryl methyl sites for hydroxylation is 1. The highest BCUT2D eigenvalue weighted by atomic mass is 16.2. The number of amides is 1. The largest absolute Gasteiger partial charge is 0.367 e. The van der Waals surface area contributed by atoms with Gasteiger partial charge in [-0.05, 0) is 36.1 Å². The van der Waals surface area contributed by atoms with E-state index in [0.717, 1.165) is 29.7 Å². The molecule has 1 N–H and O–H groups in total. The Morgan fingerprint density at radius 2 is 2.30 bits per heavy atom. The SMILES string of the molecule is Cc1c[nH]cc1C(=O)N1CCC=C(c2cccnc2)C1. The van der Waals surface area contributed by atoms with E-state index in [1.54, 1.807) is 12.4 Å². The lowest BCUT2D eigenvalue weighted by molar-refractivity contribution is 0.0774. The molecule has 20 heavy (non-hydrogen) atoms. The second-order valence-corrected chi connectivity index (χ2v) is 5.04. The zero-order valence-corrected chi connectivity index (χ0v) is 11.5. The average Bonchev–Trinajstić information content (AvgIpc) is 2.94. The number of nitrogens with zero attached hydrogens (tertiary/aromatic N) is 2. The van der Waals surface area contributed by atoms with E-state index < -0.39 is 0 Å². The van der Waals surface area contributed by atoms with Crippen LogP contribution in [0.25, 0.3) is 5.57 Å². The zero-order valence-electron chi connectivity index (χ0n) is 11.5. The van der Waals surface area contributed by atoms with Crippen LogP contribution in [0.3, 0.4) is 0 Å². The van der Waals surface area contributed by atoms with E-state index in [2.05, 4.69) is 16.0 Å². The highest BCUT2D eigenvalue weighted by Crippen LogP contribution is 2.22. The van der Waals surface area contributed by atoms with Crippen LogP contribution in [-0.2, 0) is 0 Å². The summed E-state index contributed by atoms with van der Waals surface area (Å²) < 4.78 is 0. The van der Waals surface area contributed by atoms with E-state index in [-0.39, 0.29) is 5.91 Å². The number of rotatable bonds is 2. The molecule has 2 aromatic rings. The van der Waals surface area contributed by atoms with E-state index in [9.17, 15) is 4.79 Å². The van der Waals surface area contributed by atoms with Crippen molar-refractivity contribution in [2.24, 2.45) is 0 Å². The summed E-state index contributed by atoms with van der Waals surface area (Å²) in [5.41, 5.74) is 4.02. The maximum Gasteiger partial charge on any atom is 0.255 e. The monoisotopic (exact) mass is 267 g/mol. The third-order valence-corrected chi connectivity index (χ3v) is 3.65. The molecular formula is C16H17N3O. The van der Waals surface area contributed by atoms with Crippen LogP contribution >= 0.6 is 0 Å². The van der Waals surface area contributed by atoms with Crippen molar-refractivity contribution in [2.45, 2.75) is 13.3 Å². The topological polar surface area (TPSA) is 49.0 Å². The molecule has 1 aliphatic heterocycles. The molecule has 0 spiro atoms. The van der Waals surface area contributed by atoms with Gasteiger partial charge < -0.3 is 9.88 Å². The van der Waals surface area contributed by atoms with Crippen molar-refractivity contribution in [2.75, 3.05) is 13.1 Å². The van der Waals surface area contributed by atoms with Gasteiger partial charge in [0.1, 0.15) is 0 Å². The van der Waals surface area contributed by atoms with Gasteiger partial charge in [-0.1, -0.05) is 12.1 Å². The van der Waals surface area contributed by atoms with Gasteiger partial charge in [-0.15, -0.1) is 0 Å². The van der Waals surface area contributed by atoms with Crippen LogP contribution in [0, 0.1) is 6.92 Å². The van der Waals surface area contributed by atoms with Gasteiger partial charge in [0.15, 0.2) is 0 Å². The molecule has 0 unspecified atom stereocenters. The first-order chi connectivity index (χ1) is 9.75. The third-order valence-electron chi connectivity index (χ3n) is 3.65. The normalized spacial score (nSPS) is 15.1. The van der Waals surface area contributed by atoms with Crippen LogP contribution in [0.2, 0.25) is 0 Å². The Labute approximate surface area is 118 Å². The van der Waals surface area contributed by atoms with Gasteiger partial charge in [0.2, 0.25) is 0 Å². The summed E-state index contributed by atoms with van der Waals surface area (Å²) in [7, 11) is 0. The molecule has 0 fully saturated rings. The number of nitrogens with one attached hydrogen (secondary N) is 1. The second kappa shape index (κ2) is 5.33. The number of carbonyl (C=O) groups is 1. The van der Waals surface area contributed by atoms with Gasteiger partial charge in [-0.25, -0.2) is 0 Å². The lowest BCUT2D eigenvalue weighted by Crippen LogP contribution is -2.35. The number of pyridine rings is 1. The Balaban J connectivity index is 1.80. The van der Waals surface area contributed by atoms with E-state index >= 15 is 0 Å². The van der Waals surface area contributed by atoms with Crippen LogP contribution in [0.1, 0.15) is 27.9 Å². The molecule has 4 heteroatoms. The summed E-state index contributed by atoms with van der Waals surface area (Å²) in [5, 5.41) is 0. The van der Waals surface area contributed by atoms with Crippen LogP contribution in [0.15, 0.2) is 43.0 Å². The molecule has 0 radical (unpaired) electrons. The van der Waals surface area contributed by atoms with Crippen molar-refractivity contribution in [3.05, 3.63) is 59.7 Å². The number of H-pyrrole nitrogens is 1. The minimum atomic E-state index is 0.0956. The molecule has 2 aromatic heterocycles. The Bertz CT molecular complexity index is 643. The molecule has 0 bridgehead atoms. The number of hydrogen-bond donors (Lipinski definition) is 1. The maximum atomic E-state index is 12.5. The Morgan fingerprint density at radius 3 is 3.00 bits per heavy atom. The summed E-state index contributed by atoms with van der Waals surface area (Å²) in [6.07, 6.45) is 10.3. The predicted molar refractivity (Wildman–Crippen MR) is 78.3 cm³/mol. The van der Waals surface area contributed by atoms with Crippen molar-refractivity contribution < 1.29 is 4.79 Å².